The summed E-state index contributed by atoms with van der Waals surface area (Å²) < 4.78 is 19.1. The Balaban J connectivity index is 1.78. The molecule has 6 heteroatoms. The first kappa shape index (κ1) is 17.2. The SMILES string of the molecule is O=C1OC(CCCO)(c2ccc(F)cc2)CCN1C1CCCNC1. The van der Waals surface area contributed by atoms with Gasteiger partial charge in [-0.3, -0.25) is 0 Å². The lowest BCUT2D eigenvalue weighted by atomic mass is 9.84. The van der Waals surface area contributed by atoms with E-state index in [-0.39, 0.29) is 24.6 Å². The van der Waals surface area contributed by atoms with Crippen LogP contribution in [0.5, 0.6) is 0 Å². The molecule has 2 aliphatic heterocycles. The van der Waals surface area contributed by atoms with Gasteiger partial charge in [0.2, 0.25) is 0 Å². The highest BCUT2D eigenvalue weighted by molar-refractivity contribution is 5.70. The molecule has 0 aromatic heterocycles. The van der Waals surface area contributed by atoms with Gasteiger partial charge in [-0.05, 0) is 49.9 Å². The molecule has 2 heterocycles. The van der Waals surface area contributed by atoms with E-state index in [1.165, 1.54) is 12.1 Å². The summed E-state index contributed by atoms with van der Waals surface area (Å²) in [6.45, 7) is 2.45. The molecule has 1 aromatic rings. The van der Waals surface area contributed by atoms with Gasteiger partial charge in [0.15, 0.2) is 0 Å². The predicted octanol–water partition coefficient (Wildman–Crippen LogP) is 2.39. The van der Waals surface area contributed by atoms with Gasteiger partial charge in [-0.25, -0.2) is 9.18 Å². The van der Waals surface area contributed by atoms with Gasteiger partial charge in [0.05, 0.1) is 0 Å². The van der Waals surface area contributed by atoms with Crippen molar-refractivity contribution in [2.45, 2.75) is 43.7 Å². The molecule has 2 fully saturated rings. The Morgan fingerprint density at radius 1 is 1.38 bits per heavy atom. The van der Waals surface area contributed by atoms with E-state index in [0.717, 1.165) is 31.5 Å². The van der Waals surface area contributed by atoms with Crippen LogP contribution in [0.1, 0.15) is 37.7 Å². The number of aliphatic hydroxyl groups is 1. The van der Waals surface area contributed by atoms with Crippen LogP contribution in [0, 0.1) is 5.82 Å². The number of halogens is 1. The number of hydrogen-bond acceptors (Lipinski definition) is 4. The van der Waals surface area contributed by atoms with E-state index in [2.05, 4.69) is 5.32 Å². The maximum atomic E-state index is 13.2. The second-order valence-corrected chi connectivity index (χ2v) is 6.64. The minimum atomic E-state index is -0.772. The average molecular weight is 336 g/mol. The molecular formula is C18H25FN2O3. The van der Waals surface area contributed by atoms with Gasteiger partial charge in [-0.15, -0.1) is 0 Å². The number of rotatable bonds is 5. The Bertz CT molecular complexity index is 560. The Morgan fingerprint density at radius 2 is 2.17 bits per heavy atom. The average Bonchev–Trinajstić information content (AvgIpc) is 2.61. The van der Waals surface area contributed by atoms with Crippen molar-refractivity contribution in [2.75, 3.05) is 26.2 Å². The zero-order valence-corrected chi connectivity index (χ0v) is 13.8. The third-order valence-corrected chi connectivity index (χ3v) is 5.09. The minimum absolute atomic E-state index is 0.0384. The van der Waals surface area contributed by atoms with Crippen LogP contribution in [0.2, 0.25) is 0 Å². The summed E-state index contributed by atoms with van der Waals surface area (Å²) >= 11 is 0. The molecule has 0 saturated carbocycles. The number of benzene rings is 1. The zero-order valence-electron chi connectivity index (χ0n) is 13.8. The number of nitrogens with one attached hydrogen (secondary N) is 1. The first-order valence-corrected chi connectivity index (χ1v) is 8.72. The Kier molecular flexibility index (Phi) is 5.36. The smallest absolute Gasteiger partial charge is 0.410 e. The molecular weight excluding hydrogens is 311 g/mol. The molecule has 2 N–H and O–H groups in total. The third-order valence-electron chi connectivity index (χ3n) is 5.09. The number of aliphatic hydroxyl groups excluding tert-OH is 1. The number of amides is 1. The molecule has 24 heavy (non-hydrogen) atoms. The molecule has 1 aromatic carbocycles. The van der Waals surface area contributed by atoms with E-state index < -0.39 is 5.60 Å². The number of cyclic esters (lactones) is 1. The largest absolute Gasteiger partial charge is 0.438 e. The van der Waals surface area contributed by atoms with Crippen molar-refractivity contribution < 1.29 is 19.0 Å². The van der Waals surface area contributed by atoms with E-state index in [1.807, 2.05) is 4.90 Å². The van der Waals surface area contributed by atoms with Crippen molar-refractivity contribution in [2.24, 2.45) is 0 Å². The fourth-order valence-corrected chi connectivity index (χ4v) is 3.74. The van der Waals surface area contributed by atoms with Crippen molar-refractivity contribution in [1.82, 2.24) is 10.2 Å². The summed E-state index contributed by atoms with van der Waals surface area (Å²) in [6.07, 6.45) is 3.47. The van der Waals surface area contributed by atoms with Gasteiger partial charge in [-0.2, -0.15) is 0 Å². The van der Waals surface area contributed by atoms with Crippen LogP contribution in [0.25, 0.3) is 0 Å². The molecule has 3 rings (SSSR count). The third kappa shape index (κ3) is 3.54. The molecule has 0 spiro atoms. The van der Waals surface area contributed by atoms with E-state index >= 15 is 0 Å². The highest BCUT2D eigenvalue weighted by Crippen LogP contribution is 2.39. The molecule has 2 atom stereocenters. The van der Waals surface area contributed by atoms with Gasteiger partial charge in [0.25, 0.3) is 0 Å². The van der Waals surface area contributed by atoms with Crippen LogP contribution in [-0.2, 0) is 10.3 Å². The van der Waals surface area contributed by atoms with Crippen LogP contribution >= 0.6 is 0 Å². The van der Waals surface area contributed by atoms with Crippen LogP contribution < -0.4 is 5.32 Å². The number of carbonyl (C=O) groups is 1. The van der Waals surface area contributed by atoms with Crippen LogP contribution in [0.4, 0.5) is 9.18 Å². The lowest BCUT2D eigenvalue weighted by molar-refractivity contribution is -0.0704. The summed E-state index contributed by atoms with van der Waals surface area (Å²) in [6, 6.07) is 6.31. The number of ether oxygens (including phenoxy) is 1. The summed E-state index contributed by atoms with van der Waals surface area (Å²) in [7, 11) is 0. The fourth-order valence-electron chi connectivity index (χ4n) is 3.74. The quantitative estimate of drug-likeness (QED) is 0.867. The summed E-state index contributed by atoms with van der Waals surface area (Å²) in [5.41, 5.74) is 0.0265. The van der Waals surface area contributed by atoms with Crippen molar-refractivity contribution in [3.8, 4) is 0 Å². The van der Waals surface area contributed by atoms with E-state index in [0.29, 0.717) is 25.8 Å². The van der Waals surface area contributed by atoms with Gasteiger partial charge < -0.3 is 20.1 Å². The highest BCUT2D eigenvalue weighted by atomic mass is 19.1. The summed E-state index contributed by atoms with van der Waals surface area (Å²) in [5.74, 6) is -0.312. The Morgan fingerprint density at radius 3 is 2.79 bits per heavy atom. The van der Waals surface area contributed by atoms with Gasteiger partial charge in [-0.1, -0.05) is 12.1 Å². The number of piperidine rings is 1. The Hall–Kier alpha value is -1.66. The number of carbonyl (C=O) groups excluding carboxylic acids is 1. The standard InChI is InChI=1S/C18H25FN2O3/c19-15-6-4-14(5-7-15)18(8-2-12-22)9-11-21(17(23)24-18)16-3-1-10-20-13-16/h4-7,16,20,22H,1-3,8-13H2. The second kappa shape index (κ2) is 7.49. The molecule has 2 saturated heterocycles. The molecule has 2 unspecified atom stereocenters. The summed E-state index contributed by atoms with van der Waals surface area (Å²) in [4.78, 5) is 14.5. The fraction of sp³-hybridized carbons (Fsp3) is 0.611. The monoisotopic (exact) mass is 336 g/mol. The van der Waals surface area contributed by atoms with Crippen LogP contribution in [0.15, 0.2) is 24.3 Å². The minimum Gasteiger partial charge on any atom is -0.438 e. The normalized spacial score (nSPS) is 27.8. The van der Waals surface area contributed by atoms with E-state index in [4.69, 9.17) is 4.74 Å². The summed E-state index contributed by atoms with van der Waals surface area (Å²) in [5, 5.41) is 12.5. The molecule has 2 aliphatic rings. The lowest BCUT2D eigenvalue weighted by Gasteiger charge is -2.45. The molecule has 0 bridgehead atoms. The first-order chi connectivity index (χ1) is 11.6. The maximum Gasteiger partial charge on any atom is 0.410 e. The predicted molar refractivity (Wildman–Crippen MR) is 88.1 cm³/mol. The van der Waals surface area contributed by atoms with Crippen molar-refractivity contribution >= 4 is 6.09 Å². The van der Waals surface area contributed by atoms with Gasteiger partial charge in [0.1, 0.15) is 11.4 Å². The van der Waals surface area contributed by atoms with Gasteiger partial charge in [0, 0.05) is 32.2 Å². The van der Waals surface area contributed by atoms with Crippen molar-refractivity contribution in [3.05, 3.63) is 35.6 Å². The topological polar surface area (TPSA) is 61.8 Å². The second-order valence-electron chi connectivity index (χ2n) is 6.64. The van der Waals surface area contributed by atoms with E-state index in [9.17, 15) is 14.3 Å². The maximum absolute atomic E-state index is 13.2. The molecule has 0 aliphatic carbocycles. The van der Waals surface area contributed by atoms with Gasteiger partial charge >= 0.3 is 6.09 Å². The van der Waals surface area contributed by atoms with Crippen LogP contribution in [-0.4, -0.2) is 48.4 Å². The molecule has 132 valence electrons. The lowest BCUT2D eigenvalue weighted by Crippen LogP contribution is -2.55. The zero-order chi connectivity index (χ0) is 17.0. The number of nitrogens with zero attached hydrogens (tertiary/aromatic N) is 1. The molecule has 1 amide bonds. The van der Waals surface area contributed by atoms with Crippen molar-refractivity contribution in [1.29, 1.82) is 0 Å². The highest BCUT2D eigenvalue weighted by Gasteiger charge is 2.43. The molecule has 5 nitrogen and oxygen atoms in total. The first-order valence-electron chi connectivity index (χ1n) is 8.72. The molecule has 0 radical (unpaired) electrons. The van der Waals surface area contributed by atoms with Crippen molar-refractivity contribution in [3.63, 3.8) is 0 Å². The van der Waals surface area contributed by atoms with Crippen LogP contribution in [0.3, 0.4) is 0 Å². The Labute approximate surface area is 141 Å². The number of hydrogen-bond donors (Lipinski definition) is 2. The van der Waals surface area contributed by atoms with E-state index in [1.54, 1.807) is 12.1 Å².